The Kier molecular flexibility index (Phi) is 5.88. The minimum Gasteiger partial charge on any atom is -0.339 e. The SMILES string of the molecule is Cc1nc2c(F)cc(-c3nc(Nc4ccc(C(=O)N5CCCC5)cn4)ncc3F)cc2n1C(C)C. The van der Waals surface area contributed by atoms with Crippen LogP contribution in [0, 0.1) is 18.6 Å². The Morgan fingerprint density at radius 2 is 1.80 bits per heavy atom. The number of hydrogen-bond donors (Lipinski definition) is 1. The van der Waals surface area contributed by atoms with Gasteiger partial charge in [0.05, 0.1) is 17.3 Å². The van der Waals surface area contributed by atoms with Crippen molar-refractivity contribution in [2.45, 2.75) is 39.7 Å². The fourth-order valence-electron chi connectivity index (χ4n) is 4.50. The van der Waals surface area contributed by atoms with Gasteiger partial charge in [-0.3, -0.25) is 4.79 Å². The van der Waals surface area contributed by atoms with Gasteiger partial charge >= 0.3 is 0 Å². The van der Waals surface area contributed by atoms with Crippen LogP contribution in [0.5, 0.6) is 0 Å². The van der Waals surface area contributed by atoms with Crippen molar-refractivity contribution in [3.05, 3.63) is 59.7 Å². The van der Waals surface area contributed by atoms with Crippen molar-refractivity contribution in [2.24, 2.45) is 0 Å². The van der Waals surface area contributed by atoms with Crippen LogP contribution in [0.1, 0.15) is 48.9 Å². The molecule has 0 aliphatic carbocycles. The molecular formula is C25H25F2N7O. The van der Waals surface area contributed by atoms with Crippen molar-refractivity contribution in [2.75, 3.05) is 18.4 Å². The summed E-state index contributed by atoms with van der Waals surface area (Å²) >= 11 is 0. The summed E-state index contributed by atoms with van der Waals surface area (Å²) in [7, 11) is 0. The molecule has 0 bridgehead atoms. The Bertz CT molecular complexity index is 1410. The number of hydrogen-bond acceptors (Lipinski definition) is 6. The molecule has 5 rings (SSSR count). The average Bonchev–Trinajstić information content (AvgIpc) is 3.48. The van der Waals surface area contributed by atoms with Gasteiger partial charge in [0.25, 0.3) is 5.91 Å². The molecule has 0 saturated carbocycles. The van der Waals surface area contributed by atoms with E-state index in [-0.39, 0.29) is 34.7 Å². The molecular weight excluding hydrogens is 452 g/mol. The minimum absolute atomic E-state index is 0.0432. The van der Waals surface area contributed by atoms with E-state index in [9.17, 15) is 13.6 Å². The number of likely N-dealkylation sites (tertiary alicyclic amines) is 1. The summed E-state index contributed by atoms with van der Waals surface area (Å²) in [6, 6.07) is 6.29. The molecule has 0 unspecified atom stereocenters. The maximum atomic E-state index is 14.9. The van der Waals surface area contributed by atoms with E-state index in [1.807, 2.05) is 30.2 Å². The van der Waals surface area contributed by atoms with Crippen LogP contribution in [0.25, 0.3) is 22.3 Å². The Hall–Kier alpha value is -3.95. The van der Waals surface area contributed by atoms with Crippen molar-refractivity contribution in [3.8, 4) is 11.3 Å². The lowest BCUT2D eigenvalue weighted by Crippen LogP contribution is -2.27. The van der Waals surface area contributed by atoms with Crippen LogP contribution >= 0.6 is 0 Å². The van der Waals surface area contributed by atoms with Crippen molar-refractivity contribution in [3.63, 3.8) is 0 Å². The monoisotopic (exact) mass is 477 g/mol. The van der Waals surface area contributed by atoms with Gasteiger partial charge in [0.2, 0.25) is 5.95 Å². The zero-order valence-corrected chi connectivity index (χ0v) is 19.7. The predicted octanol–water partition coefficient (Wildman–Crippen LogP) is 5.04. The summed E-state index contributed by atoms with van der Waals surface area (Å²) in [6.45, 7) is 7.28. The van der Waals surface area contributed by atoms with E-state index >= 15 is 0 Å². The molecule has 10 heteroatoms. The number of pyridine rings is 1. The first-order valence-electron chi connectivity index (χ1n) is 11.5. The van der Waals surface area contributed by atoms with E-state index in [0.717, 1.165) is 32.1 Å². The zero-order chi connectivity index (χ0) is 24.7. The number of aryl methyl sites for hydroxylation is 1. The standard InChI is InChI=1S/C25H25F2N7O/c1-14(2)34-15(3)30-23-18(26)10-17(11-20(23)34)22-19(27)13-29-25(32-22)31-21-7-6-16(12-28-21)24(35)33-8-4-5-9-33/h6-7,10-14H,4-5,8-9H2,1-3H3,(H,28,29,31,32). The number of nitrogens with zero attached hydrogens (tertiary/aromatic N) is 6. The number of carbonyl (C=O) groups is 1. The third-order valence-electron chi connectivity index (χ3n) is 6.10. The number of nitrogens with one attached hydrogen (secondary N) is 1. The fraction of sp³-hybridized carbons (Fsp3) is 0.320. The molecule has 4 heterocycles. The maximum absolute atomic E-state index is 14.9. The number of halogens is 2. The third kappa shape index (κ3) is 4.31. The topological polar surface area (TPSA) is 88.8 Å². The summed E-state index contributed by atoms with van der Waals surface area (Å²) in [4.78, 5) is 31.2. The number of carbonyl (C=O) groups excluding carboxylic acids is 1. The Balaban J connectivity index is 1.44. The number of benzene rings is 1. The molecule has 1 fully saturated rings. The van der Waals surface area contributed by atoms with E-state index in [0.29, 0.717) is 22.7 Å². The molecule has 1 amide bonds. The third-order valence-corrected chi connectivity index (χ3v) is 6.10. The van der Waals surface area contributed by atoms with Crippen LogP contribution in [0.15, 0.2) is 36.7 Å². The van der Waals surface area contributed by atoms with Gasteiger partial charge in [-0.1, -0.05) is 0 Å². The van der Waals surface area contributed by atoms with E-state index in [1.54, 1.807) is 18.2 Å². The lowest BCUT2D eigenvalue weighted by molar-refractivity contribution is 0.0792. The van der Waals surface area contributed by atoms with Crippen molar-refractivity contribution in [1.29, 1.82) is 0 Å². The van der Waals surface area contributed by atoms with E-state index in [1.165, 1.54) is 12.3 Å². The van der Waals surface area contributed by atoms with Crippen LogP contribution in [0.4, 0.5) is 20.5 Å². The number of aromatic nitrogens is 5. The second kappa shape index (κ2) is 9.01. The summed E-state index contributed by atoms with van der Waals surface area (Å²) in [5, 5.41) is 2.93. The number of fused-ring (bicyclic) bond motifs is 1. The van der Waals surface area contributed by atoms with Crippen LogP contribution in [0.3, 0.4) is 0 Å². The van der Waals surface area contributed by atoms with Gasteiger partial charge < -0.3 is 14.8 Å². The Labute approximate surface area is 201 Å². The zero-order valence-electron chi connectivity index (χ0n) is 19.7. The van der Waals surface area contributed by atoms with Crippen molar-refractivity contribution < 1.29 is 13.6 Å². The van der Waals surface area contributed by atoms with Crippen LogP contribution < -0.4 is 5.32 Å². The first kappa shape index (κ1) is 22.8. The predicted molar refractivity (Wildman–Crippen MR) is 128 cm³/mol. The summed E-state index contributed by atoms with van der Waals surface area (Å²) in [5.41, 5.74) is 1.54. The second-order valence-electron chi connectivity index (χ2n) is 8.90. The van der Waals surface area contributed by atoms with E-state index in [2.05, 4.69) is 25.3 Å². The first-order valence-corrected chi connectivity index (χ1v) is 11.5. The quantitative estimate of drug-likeness (QED) is 0.433. The molecule has 1 aliphatic heterocycles. The molecule has 1 saturated heterocycles. The van der Waals surface area contributed by atoms with Gasteiger partial charge in [-0.15, -0.1) is 0 Å². The van der Waals surface area contributed by atoms with Crippen molar-refractivity contribution in [1.82, 2.24) is 29.4 Å². The molecule has 1 aliphatic rings. The van der Waals surface area contributed by atoms with E-state index in [4.69, 9.17) is 0 Å². The summed E-state index contributed by atoms with van der Waals surface area (Å²) < 4.78 is 31.5. The number of imidazole rings is 1. The van der Waals surface area contributed by atoms with Crippen LogP contribution in [-0.4, -0.2) is 48.4 Å². The molecule has 1 N–H and O–H groups in total. The lowest BCUT2D eigenvalue weighted by Gasteiger charge is -2.15. The first-order chi connectivity index (χ1) is 16.8. The Morgan fingerprint density at radius 1 is 1.03 bits per heavy atom. The Morgan fingerprint density at radius 3 is 2.49 bits per heavy atom. The molecule has 4 aromatic rings. The summed E-state index contributed by atoms with van der Waals surface area (Å²) in [5.74, 6) is -0.102. The second-order valence-corrected chi connectivity index (χ2v) is 8.90. The molecule has 0 spiro atoms. The minimum atomic E-state index is -0.679. The highest BCUT2D eigenvalue weighted by Gasteiger charge is 2.20. The molecule has 180 valence electrons. The highest BCUT2D eigenvalue weighted by molar-refractivity contribution is 5.94. The lowest BCUT2D eigenvalue weighted by atomic mass is 10.1. The van der Waals surface area contributed by atoms with Gasteiger partial charge in [-0.05, 0) is 57.9 Å². The van der Waals surface area contributed by atoms with Gasteiger partial charge in [0, 0.05) is 30.9 Å². The molecule has 1 aromatic carbocycles. The number of amides is 1. The van der Waals surface area contributed by atoms with Crippen molar-refractivity contribution >= 4 is 28.7 Å². The smallest absolute Gasteiger partial charge is 0.255 e. The highest BCUT2D eigenvalue weighted by Crippen LogP contribution is 2.30. The van der Waals surface area contributed by atoms with Gasteiger partial charge in [0.1, 0.15) is 22.9 Å². The van der Waals surface area contributed by atoms with Gasteiger partial charge in [-0.25, -0.2) is 28.7 Å². The van der Waals surface area contributed by atoms with E-state index < -0.39 is 11.6 Å². The van der Waals surface area contributed by atoms with Crippen LogP contribution in [0.2, 0.25) is 0 Å². The fourth-order valence-corrected chi connectivity index (χ4v) is 4.50. The summed E-state index contributed by atoms with van der Waals surface area (Å²) in [6.07, 6.45) is 4.55. The largest absolute Gasteiger partial charge is 0.339 e. The molecule has 8 nitrogen and oxygen atoms in total. The highest BCUT2D eigenvalue weighted by atomic mass is 19.1. The average molecular weight is 478 g/mol. The molecule has 35 heavy (non-hydrogen) atoms. The number of rotatable bonds is 5. The molecule has 0 radical (unpaired) electrons. The van der Waals surface area contributed by atoms with Gasteiger partial charge in [0.15, 0.2) is 11.6 Å². The van der Waals surface area contributed by atoms with Crippen LogP contribution in [-0.2, 0) is 0 Å². The van der Waals surface area contributed by atoms with Gasteiger partial charge in [-0.2, -0.15) is 0 Å². The maximum Gasteiger partial charge on any atom is 0.255 e. The molecule has 3 aromatic heterocycles. The number of anilines is 2. The normalized spacial score (nSPS) is 13.7. The molecule has 0 atom stereocenters.